The number of amides is 1. The average Bonchev–Trinajstić information content (AvgIpc) is 2.26. The largest absolute Gasteiger partial charge is 0.393 e. The van der Waals surface area contributed by atoms with Crippen molar-refractivity contribution in [1.82, 2.24) is 4.72 Å². The van der Waals surface area contributed by atoms with Crippen LogP contribution in [0.25, 0.3) is 0 Å². The number of carbonyl (C=O) groups is 1. The lowest BCUT2D eigenvalue weighted by Gasteiger charge is -2.13. The van der Waals surface area contributed by atoms with Crippen molar-refractivity contribution in [3.8, 4) is 0 Å². The summed E-state index contributed by atoms with van der Waals surface area (Å²) >= 11 is 4.74. The third-order valence-corrected chi connectivity index (χ3v) is 4.12. The van der Waals surface area contributed by atoms with Crippen molar-refractivity contribution in [2.75, 3.05) is 5.32 Å². The van der Waals surface area contributed by atoms with Crippen molar-refractivity contribution in [2.45, 2.75) is 31.2 Å². The van der Waals surface area contributed by atoms with Gasteiger partial charge >= 0.3 is 0 Å². The zero-order valence-electron chi connectivity index (χ0n) is 11.2. The fourth-order valence-electron chi connectivity index (χ4n) is 1.60. The molecule has 1 amide bonds. The monoisotopic (exact) mass is 315 g/mol. The van der Waals surface area contributed by atoms with E-state index in [0.717, 1.165) is 0 Å². The minimum Gasteiger partial charge on any atom is -0.393 e. The molecule has 110 valence electrons. The van der Waals surface area contributed by atoms with Gasteiger partial charge < -0.3 is 11.1 Å². The number of carbonyl (C=O) groups excluding carboxylic acids is 1. The first-order valence-corrected chi connectivity index (χ1v) is 7.78. The Morgan fingerprint density at radius 1 is 1.35 bits per heavy atom. The van der Waals surface area contributed by atoms with E-state index < -0.39 is 10.0 Å². The van der Waals surface area contributed by atoms with Gasteiger partial charge in [-0.15, -0.1) is 0 Å². The molecule has 20 heavy (non-hydrogen) atoms. The summed E-state index contributed by atoms with van der Waals surface area (Å²) in [6, 6.07) is 5.50. The highest BCUT2D eigenvalue weighted by atomic mass is 32.2. The molecule has 0 aliphatic carbocycles. The van der Waals surface area contributed by atoms with Crippen LogP contribution < -0.4 is 15.8 Å². The summed E-state index contributed by atoms with van der Waals surface area (Å²) in [7, 11) is -3.63. The van der Waals surface area contributed by atoms with Crippen molar-refractivity contribution in [1.29, 1.82) is 0 Å². The zero-order valence-corrected chi connectivity index (χ0v) is 12.8. The van der Waals surface area contributed by atoms with Crippen molar-refractivity contribution in [3.05, 3.63) is 24.3 Å². The Labute approximate surface area is 123 Å². The topological polar surface area (TPSA) is 101 Å². The minimum absolute atomic E-state index is 0.112. The highest BCUT2D eigenvalue weighted by Gasteiger charge is 2.17. The van der Waals surface area contributed by atoms with Crippen LogP contribution >= 0.6 is 12.2 Å². The van der Waals surface area contributed by atoms with Crippen LogP contribution in [0.4, 0.5) is 5.69 Å². The van der Waals surface area contributed by atoms with Crippen molar-refractivity contribution in [2.24, 2.45) is 5.73 Å². The zero-order chi connectivity index (χ0) is 15.3. The number of nitrogens with two attached hydrogens (primary N) is 1. The van der Waals surface area contributed by atoms with Gasteiger partial charge in [0.25, 0.3) is 0 Å². The fourth-order valence-corrected chi connectivity index (χ4v) is 3.09. The van der Waals surface area contributed by atoms with Crippen LogP contribution in [0.3, 0.4) is 0 Å². The Balaban J connectivity index is 2.82. The molecular formula is C12H17N3O3S2. The molecule has 8 heteroatoms. The van der Waals surface area contributed by atoms with Gasteiger partial charge in [-0.2, -0.15) is 0 Å². The number of hydrogen-bond acceptors (Lipinski definition) is 4. The molecule has 0 radical (unpaired) electrons. The van der Waals surface area contributed by atoms with Crippen LogP contribution in [0.1, 0.15) is 20.3 Å². The molecule has 0 aromatic heterocycles. The van der Waals surface area contributed by atoms with Gasteiger partial charge in [-0.3, -0.25) is 4.79 Å². The van der Waals surface area contributed by atoms with Crippen LogP contribution in [0.5, 0.6) is 0 Å². The van der Waals surface area contributed by atoms with Crippen molar-refractivity contribution < 1.29 is 13.2 Å². The molecule has 0 saturated heterocycles. The van der Waals surface area contributed by atoms with E-state index in [4.69, 9.17) is 18.0 Å². The Hall–Kier alpha value is -1.51. The van der Waals surface area contributed by atoms with E-state index in [-0.39, 0.29) is 21.8 Å². The first-order valence-electron chi connectivity index (χ1n) is 5.89. The van der Waals surface area contributed by atoms with E-state index in [9.17, 15) is 13.2 Å². The van der Waals surface area contributed by atoms with E-state index in [1.807, 2.05) is 0 Å². The maximum absolute atomic E-state index is 12.1. The van der Waals surface area contributed by atoms with Crippen LogP contribution in [0.15, 0.2) is 29.2 Å². The summed E-state index contributed by atoms with van der Waals surface area (Å²) in [4.78, 5) is 11.2. The lowest BCUT2D eigenvalue weighted by Crippen LogP contribution is -2.35. The maximum atomic E-state index is 12.1. The molecule has 1 atom stereocenters. The van der Waals surface area contributed by atoms with Gasteiger partial charge in [-0.05, 0) is 31.2 Å². The van der Waals surface area contributed by atoms with Crippen LogP contribution in [0.2, 0.25) is 0 Å². The number of hydrogen-bond donors (Lipinski definition) is 3. The Kier molecular flexibility index (Phi) is 5.61. The number of nitrogens with one attached hydrogen (secondary N) is 2. The minimum atomic E-state index is -3.63. The second-order valence-corrected chi connectivity index (χ2v) is 6.64. The van der Waals surface area contributed by atoms with Gasteiger partial charge in [0, 0.05) is 25.1 Å². The molecule has 1 unspecified atom stereocenters. The highest BCUT2D eigenvalue weighted by molar-refractivity contribution is 7.89. The molecule has 1 aromatic carbocycles. The molecule has 1 aromatic rings. The molecule has 0 heterocycles. The third kappa shape index (κ3) is 5.24. The number of anilines is 1. The average molecular weight is 315 g/mol. The number of benzene rings is 1. The van der Waals surface area contributed by atoms with Crippen LogP contribution in [0, 0.1) is 0 Å². The van der Waals surface area contributed by atoms with Gasteiger partial charge in [0.2, 0.25) is 15.9 Å². The quantitative estimate of drug-likeness (QED) is 0.680. The van der Waals surface area contributed by atoms with E-state index >= 15 is 0 Å². The maximum Gasteiger partial charge on any atom is 0.240 e. The van der Waals surface area contributed by atoms with Crippen LogP contribution in [-0.2, 0) is 14.8 Å². The van der Waals surface area contributed by atoms with Crippen molar-refractivity contribution >= 4 is 38.8 Å². The fraction of sp³-hybridized carbons (Fsp3) is 0.333. The molecule has 0 bridgehead atoms. The Morgan fingerprint density at radius 3 is 2.35 bits per heavy atom. The molecule has 0 aliphatic rings. The van der Waals surface area contributed by atoms with E-state index in [2.05, 4.69) is 10.0 Å². The van der Waals surface area contributed by atoms with Gasteiger partial charge in [-0.1, -0.05) is 12.2 Å². The second-order valence-electron chi connectivity index (χ2n) is 4.40. The van der Waals surface area contributed by atoms with Gasteiger partial charge in [0.05, 0.1) is 9.88 Å². The molecule has 0 aliphatic heterocycles. The molecule has 0 fully saturated rings. The molecule has 4 N–H and O–H groups in total. The predicted octanol–water partition coefficient (Wildman–Crippen LogP) is 0.988. The summed E-state index contributed by atoms with van der Waals surface area (Å²) in [6.07, 6.45) is 0.290. The van der Waals surface area contributed by atoms with Gasteiger partial charge in [-0.25, -0.2) is 13.1 Å². The molecular weight excluding hydrogens is 298 g/mol. The normalized spacial score (nSPS) is 12.7. The van der Waals surface area contributed by atoms with Gasteiger partial charge in [0.15, 0.2) is 0 Å². The van der Waals surface area contributed by atoms with Crippen LogP contribution in [-0.4, -0.2) is 25.4 Å². The first kappa shape index (κ1) is 16.5. The molecule has 6 nitrogen and oxygen atoms in total. The Morgan fingerprint density at radius 2 is 1.90 bits per heavy atom. The lowest BCUT2D eigenvalue weighted by atomic mass is 10.3. The summed E-state index contributed by atoms with van der Waals surface area (Å²) in [5.41, 5.74) is 5.91. The standard InChI is InChI=1S/C12H17N3O3S2/c1-8(7-12(13)19)15-20(17,18)11-5-3-10(4-6-11)14-9(2)16/h3-6,8,15H,7H2,1-2H3,(H2,13,19)(H,14,16). The van der Waals surface area contributed by atoms with E-state index in [1.165, 1.54) is 31.2 Å². The number of thiocarbonyl (C=S) groups is 1. The summed E-state index contributed by atoms with van der Waals surface area (Å²) in [6.45, 7) is 3.06. The second kappa shape index (κ2) is 6.78. The molecule has 0 spiro atoms. The summed E-state index contributed by atoms with van der Waals surface area (Å²) in [5, 5.41) is 2.56. The third-order valence-electron chi connectivity index (χ3n) is 2.35. The highest BCUT2D eigenvalue weighted by Crippen LogP contribution is 2.14. The lowest BCUT2D eigenvalue weighted by molar-refractivity contribution is -0.114. The predicted molar refractivity (Wildman–Crippen MR) is 81.9 cm³/mol. The van der Waals surface area contributed by atoms with E-state index in [0.29, 0.717) is 12.1 Å². The Bertz CT molecular complexity index is 597. The van der Waals surface area contributed by atoms with Gasteiger partial charge in [0.1, 0.15) is 0 Å². The summed E-state index contributed by atoms with van der Waals surface area (Å²) < 4.78 is 26.6. The molecule has 1 rings (SSSR count). The molecule has 0 saturated carbocycles. The smallest absolute Gasteiger partial charge is 0.240 e. The van der Waals surface area contributed by atoms with E-state index in [1.54, 1.807) is 6.92 Å². The first-order chi connectivity index (χ1) is 9.20. The number of rotatable bonds is 6. The summed E-state index contributed by atoms with van der Waals surface area (Å²) in [5.74, 6) is -0.219. The SMILES string of the molecule is CC(=O)Nc1ccc(S(=O)(=O)NC(C)CC(N)=S)cc1. The number of sulfonamides is 1. The van der Waals surface area contributed by atoms with Crippen molar-refractivity contribution in [3.63, 3.8) is 0 Å².